The Morgan fingerprint density at radius 3 is 2.73 bits per heavy atom. The van der Waals surface area contributed by atoms with Crippen molar-refractivity contribution in [2.45, 2.75) is 51.9 Å². The molecule has 0 unspecified atom stereocenters. The lowest BCUT2D eigenvalue weighted by Gasteiger charge is -2.50. The molecule has 0 spiro atoms. The molecule has 0 bridgehead atoms. The van der Waals surface area contributed by atoms with Gasteiger partial charge in [-0.05, 0) is 79.6 Å². The maximum atomic E-state index is 12.5. The normalized spacial score (nSPS) is 38.6. The molecule has 0 saturated heterocycles. The first-order valence-corrected chi connectivity index (χ1v) is 10.3. The number of hydrogen-bond acceptors (Lipinski definition) is 2. The molecule has 1 aromatic carbocycles. The summed E-state index contributed by atoms with van der Waals surface area (Å²) in [7, 11) is 0. The summed E-state index contributed by atoms with van der Waals surface area (Å²) in [6.45, 7) is 2.26. The van der Waals surface area contributed by atoms with E-state index in [1.54, 1.807) is 0 Å². The molecule has 0 aliphatic heterocycles. The van der Waals surface area contributed by atoms with Crippen LogP contribution in [0.5, 0.6) is 5.75 Å². The van der Waals surface area contributed by atoms with Crippen molar-refractivity contribution in [3.63, 3.8) is 0 Å². The Labute approximate surface area is 156 Å². The summed E-state index contributed by atoms with van der Waals surface area (Å²) in [6, 6.07) is 10.1. The number of rotatable bonds is 2. The van der Waals surface area contributed by atoms with E-state index >= 15 is 0 Å². The Morgan fingerprint density at radius 1 is 1.04 bits per heavy atom. The third kappa shape index (κ3) is 2.49. The van der Waals surface area contributed by atoms with E-state index < -0.39 is 0 Å². The molecule has 136 valence electrons. The standard InChI is InChI=1S/C24H28O2/c1-24-14-13-20-19-10-8-18(26-17-5-3-2-4-6-17)15-16(19)7-9-21(20)22(24)11-12-23(24)25/h2-7,15,19-22H,8-14H2,1H3/t19-,20+,21+,22-,24-/m0/s1. The van der Waals surface area contributed by atoms with Crippen molar-refractivity contribution in [1.82, 2.24) is 0 Å². The van der Waals surface area contributed by atoms with E-state index in [9.17, 15) is 4.79 Å². The summed E-state index contributed by atoms with van der Waals surface area (Å²) in [5.74, 6) is 5.37. The average molecular weight is 348 g/mol. The second kappa shape index (κ2) is 6.11. The maximum absolute atomic E-state index is 12.5. The van der Waals surface area contributed by atoms with Crippen LogP contribution in [-0.4, -0.2) is 5.78 Å². The lowest BCUT2D eigenvalue weighted by molar-refractivity contribution is -0.130. The highest BCUT2D eigenvalue weighted by molar-refractivity contribution is 5.87. The van der Waals surface area contributed by atoms with Gasteiger partial charge in [0.05, 0.1) is 0 Å². The number of benzene rings is 1. The van der Waals surface area contributed by atoms with E-state index in [4.69, 9.17) is 4.74 Å². The fourth-order valence-electron chi connectivity index (χ4n) is 6.42. The third-order valence-electron chi connectivity index (χ3n) is 7.79. The van der Waals surface area contributed by atoms with Crippen LogP contribution in [0.4, 0.5) is 0 Å². The van der Waals surface area contributed by atoms with Crippen LogP contribution in [0.3, 0.4) is 0 Å². The number of ketones is 1. The Bertz CT molecular complexity index is 775. The first-order valence-electron chi connectivity index (χ1n) is 10.3. The third-order valence-corrected chi connectivity index (χ3v) is 7.79. The highest BCUT2D eigenvalue weighted by Gasteiger charge is 2.55. The molecule has 4 aliphatic rings. The molecule has 2 nitrogen and oxygen atoms in total. The minimum atomic E-state index is -0.0153. The number of Topliss-reactive ketones (excluding diaryl/α,β-unsaturated/α-hetero) is 1. The summed E-state index contributed by atoms with van der Waals surface area (Å²) in [5, 5.41) is 0. The van der Waals surface area contributed by atoms with E-state index in [2.05, 4.69) is 19.1 Å². The van der Waals surface area contributed by atoms with Crippen molar-refractivity contribution < 1.29 is 9.53 Å². The van der Waals surface area contributed by atoms with Gasteiger partial charge in [-0.15, -0.1) is 0 Å². The first-order chi connectivity index (χ1) is 12.6. The van der Waals surface area contributed by atoms with Crippen molar-refractivity contribution in [2.75, 3.05) is 0 Å². The lowest BCUT2D eigenvalue weighted by Crippen LogP contribution is -2.45. The molecule has 5 atom stereocenters. The summed E-state index contributed by atoms with van der Waals surface area (Å²) < 4.78 is 6.12. The Kier molecular flexibility index (Phi) is 3.84. The Hall–Kier alpha value is -1.83. The van der Waals surface area contributed by atoms with Crippen LogP contribution in [0.15, 0.2) is 53.8 Å². The second-order valence-electron chi connectivity index (χ2n) is 8.96. The van der Waals surface area contributed by atoms with Crippen LogP contribution in [0.25, 0.3) is 0 Å². The number of carbonyl (C=O) groups excluding carboxylic acids is 1. The van der Waals surface area contributed by atoms with Gasteiger partial charge in [0, 0.05) is 18.3 Å². The largest absolute Gasteiger partial charge is 0.462 e. The smallest absolute Gasteiger partial charge is 0.139 e. The number of hydrogen-bond donors (Lipinski definition) is 0. The molecule has 0 radical (unpaired) electrons. The SMILES string of the molecule is C[C@]12CC[C@H]3[C@@H](CC=C4C=C(Oc5ccccc5)CC[C@@H]43)[C@@H]1CCC2=O. The highest BCUT2D eigenvalue weighted by atomic mass is 16.5. The monoisotopic (exact) mass is 348 g/mol. The van der Waals surface area contributed by atoms with Gasteiger partial charge in [0.25, 0.3) is 0 Å². The molecule has 2 saturated carbocycles. The van der Waals surface area contributed by atoms with Gasteiger partial charge < -0.3 is 4.74 Å². The molecule has 2 heteroatoms. The predicted molar refractivity (Wildman–Crippen MR) is 103 cm³/mol. The summed E-state index contributed by atoms with van der Waals surface area (Å²) in [6.07, 6.45) is 12.4. The highest BCUT2D eigenvalue weighted by Crippen LogP contribution is 2.59. The molecule has 1 aromatic rings. The van der Waals surface area contributed by atoms with Crippen molar-refractivity contribution in [1.29, 1.82) is 0 Å². The van der Waals surface area contributed by atoms with E-state index in [0.29, 0.717) is 17.6 Å². The average Bonchev–Trinajstić information content (AvgIpc) is 2.97. The lowest BCUT2D eigenvalue weighted by atomic mass is 9.53. The molecule has 4 aliphatic carbocycles. The van der Waals surface area contributed by atoms with Crippen molar-refractivity contribution in [3.8, 4) is 5.75 Å². The number of carbonyl (C=O) groups is 1. The number of para-hydroxylation sites is 1. The summed E-state index contributed by atoms with van der Waals surface area (Å²) in [4.78, 5) is 12.5. The molecule has 5 rings (SSSR count). The zero-order valence-electron chi connectivity index (χ0n) is 15.6. The molecule has 26 heavy (non-hydrogen) atoms. The van der Waals surface area contributed by atoms with Gasteiger partial charge in [-0.2, -0.15) is 0 Å². The summed E-state index contributed by atoms with van der Waals surface area (Å²) >= 11 is 0. The molecular weight excluding hydrogens is 320 g/mol. The summed E-state index contributed by atoms with van der Waals surface area (Å²) in [5.41, 5.74) is 1.48. The molecule has 0 heterocycles. The van der Waals surface area contributed by atoms with Crippen molar-refractivity contribution in [2.24, 2.45) is 29.1 Å². The molecular formula is C24H28O2. The van der Waals surface area contributed by atoms with Crippen LogP contribution < -0.4 is 4.74 Å². The predicted octanol–water partition coefficient (Wildman–Crippen LogP) is 5.70. The molecule has 0 aromatic heterocycles. The van der Waals surface area contributed by atoms with E-state index in [0.717, 1.165) is 55.4 Å². The van der Waals surface area contributed by atoms with Crippen molar-refractivity contribution in [3.05, 3.63) is 53.8 Å². The molecule has 0 N–H and O–H groups in total. The Balaban J connectivity index is 1.38. The minimum Gasteiger partial charge on any atom is -0.462 e. The van der Waals surface area contributed by atoms with Gasteiger partial charge in [-0.3, -0.25) is 4.79 Å². The van der Waals surface area contributed by atoms with Crippen LogP contribution in [0.1, 0.15) is 51.9 Å². The van der Waals surface area contributed by atoms with Crippen LogP contribution >= 0.6 is 0 Å². The van der Waals surface area contributed by atoms with Gasteiger partial charge >= 0.3 is 0 Å². The zero-order chi connectivity index (χ0) is 17.7. The minimum absolute atomic E-state index is 0.0153. The second-order valence-corrected chi connectivity index (χ2v) is 8.96. The van der Waals surface area contributed by atoms with Crippen LogP contribution in [0.2, 0.25) is 0 Å². The van der Waals surface area contributed by atoms with E-state index in [-0.39, 0.29) is 5.41 Å². The van der Waals surface area contributed by atoms with Gasteiger partial charge in [0.1, 0.15) is 17.3 Å². The van der Waals surface area contributed by atoms with Gasteiger partial charge in [0.2, 0.25) is 0 Å². The fraction of sp³-hybridized carbons (Fsp3) is 0.542. The van der Waals surface area contributed by atoms with Crippen LogP contribution in [-0.2, 0) is 4.79 Å². The topological polar surface area (TPSA) is 26.3 Å². The van der Waals surface area contributed by atoms with E-state index in [1.807, 2.05) is 30.3 Å². The first kappa shape index (κ1) is 16.4. The quantitative estimate of drug-likeness (QED) is 0.685. The fourth-order valence-corrected chi connectivity index (χ4v) is 6.42. The van der Waals surface area contributed by atoms with Crippen molar-refractivity contribution >= 4 is 5.78 Å². The van der Waals surface area contributed by atoms with Gasteiger partial charge in [-0.1, -0.05) is 31.2 Å². The Morgan fingerprint density at radius 2 is 1.88 bits per heavy atom. The number of allylic oxidation sites excluding steroid dienone is 4. The maximum Gasteiger partial charge on any atom is 0.139 e. The number of fused-ring (bicyclic) bond motifs is 5. The molecule has 2 fully saturated rings. The van der Waals surface area contributed by atoms with Gasteiger partial charge in [0.15, 0.2) is 0 Å². The number of ether oxygens (including phenoxy) is 1. The van der Waals surface area contributed by atoms with Crippen LogP contribution in [0, 0.1) is 29.1 Å². The van der Waals surface area contributed by atoms with E-state index in [1.165, 1.54) is 18.4 Å². The molecule has 0 amide bonds. The zero-order valence-corrected chi connectivity index (χ0v) is 15.6. The van der Waals surface area contributed by atoms with Gasteiger partial charge in [-0.25, -0.2) is 0 Å².